The Morgan fingerprint density at radius 2 is 2.00 bits per heavy atom. The first-order valence-corrected chi connectivity index (χ1v) is 7.65. The quantitative estimate of drug-likeness (QED) is 0.722. The van der Waals surface area contributed by atoms with E-state index < -0.39 is 0 Å². The summed E-state index contributed by atoms with van der Waals surface area (Å²) in [7, 11) is 0. The fourth-order valence-electron chi connectivity index (χ4n) is 2.43. The van der Waals surface area contributed by atoms with Gasteiger partial charge in [-0.15, -0.1) is 0 Å². The monoisotopic (exact) mass is 246 g/mol. The molecule has 1 aliphatic rings. The number of hydrogen-bond donors (Lipinski definition) is 1. The van der Waals surface area contributed by atoms with Crippen molar-refractivity contribution in [3.8, 4) is 0 Å². The zero-order valence-corrected chi connectivity index (χ0v) is 11.6. The number of rotatable bonds is 6. The van der Waals surface area contributed by atoms with E-state index in [1.54, 1.807) is 0 Å². The number of ether oxygens (including phenoxy) is 1. The van der Waals surface area contributed by atoms with Crippen LogP contribution in [-0.2, 0) is 4.74 Å². The van der Waals surface area contributed by atoms with E-state index in [0.29, 0.717) is 18.2 Å². The Kier molecular flexibility index (Phi) is 6.73. The van der Waals surface area contributed by atoms with Crippen molar-refractivity contribution in [3.63, 3.8) is 0 Å². The molecule has 4 heteroatoms. The average Bonchev–Trinajstić information content (AvgIpc) is 2.23. The first kappa shape index (κ1) is 14.3. The van der Waals surface area contributed by atoms with Gasteiger partial charge in [-0.1, -0.05) is 0 Å². The highest BCUT2D eigenvalue weighted by Crippen LogP contribution is 2.16. The van der Waals surface area contributed by atoms with Gasteiger partial charge in [0.25, 0.3) is 0 Å². The van der Waals surface area contributed by atoms with Gasteiger partial charge in [0, 0.05) is 25.7 Å². The Bertz CT molecular complexity index is 182. The van der Waals surface area contributed by atoms with E-state index in [2.05, 4.69) is 25.0 Å². The van der Waals surface area contributed by atoms with Gasteiger partial charge in [-0.25, -0.2) is 0 Å². The Hall–Kier alpha value is 0.230. The maximum absolute atomic E-state index is 5.89. The van der Waals surface area contributed by atoms with Crippen LogP contribution >= 0.6 is 11.8 Å². The topological polar surface area (TPSA) is 38.5 Å². The van der Waals surface area contributed by atoms with Gasteiger partial charge in [0.2, 0.25) is 0 Å². The van der Waals surface area contributed by atoms with Gasteiger partial charge >= 0.3 is 0 Å². The Morgan fingerprint density at radius 3 is 2.50 bits per heavy atom. The van der Waals surface area contributed by atoms with Gasteiger partial charge in [-0.3, -0.25) is 4.90 Å². The smallest absolute Gasteiger partial charge is 0.0678 e. The van der Waals surface area contributed by atoms with E-state index in [1.807, 2.05) is 11.8 Å². The van der Waals surface area contributed by atoms with Crippen LogP contribution in [0.15, 0.2) is 0 Å². The summed E-state index contributed by atoms with van der Waals surface area (Å²) in [5.41, 5.74) is 5.89. The third kappa shape index (κ3) is 4.62. The van der Waals surface area contributed by atoms with Gasteiger partial charge in [0.15, 0.2) is 0 Å². The van der Waals surface area contributed by atoms with Crippen LogP contribution in [0.25, 0.3) is 0 Å². The van der Waals surface area contributed by atoms with Crippen LogP contribution in [0.4, 0.5) is 0 Å². The van der Waals surface area contributed by atoms with Crippen LogP contribution in [0.3, 0.4) is 0 Å². The molecule has 0 aliphatic carbocycles. The molecule has 0 aromatic carbocycles. The van der Waals surface area contributed by atoms with Crippen molar-refractivity contribution < 1.29 is 4.74 Å². The highest BCUT2D eigenvalue weighted by molar-refractivity contribution is 7.98. The molecule has 96 valence electrons. The molecule has 1 heterocycles. The lowest BCUT2D eigenvalue weighted by atomic mass is 10.1. The van der Waals surface area contributed by atoms with Crippen molar-refractivity contribution in [3.05, 3.63) is 0 Å². The lowest BCUT2D eigenvalue weighted by Gasteiger charge is -2.40. The summed E-state index contributed by atoms with van der Waals surface area (Å²) in [5, 5.41) is 0. The Morgan fingerprint density at radius 1 is 1.38 bits per heavy atom. The SMILES string of the molecule is CSCCCC(CN)N1C[C@@H](C)O[C@@H](C)C1. The lowest BCUT2D eigenvalue weighted by molar-refractivity contribution is -0.0801. The second-order valence-electron chi connectivity index (χ2n) is 4.74. The zero-order valence-electron chi connectivity index (χ0n) is 10.8. The number of morpholine rings is 1. The van der Waals surface area contributed by atoms with Crippen molar-refractivity contribution in [1.82, 2.24) is 4.90 Å². The average molecular weight is 246 g/mol. The van der Waals surface area contributed by atoms with Gasteiger partial charge in [-0.05, 0) is 38.7 Å². The summed E-state index contributed by atoms with van der Waals surface area (Å²) in [6.07, 6.45) is 5.34. The first-order valence-electron chi connectivity index (χ1n) is 6.25. The summed E-state index contributed by atoms with van der Waals surface area (Å²) in [4.78, 5) is 2.51. The fourth-order valence-corrected chi connectivity index (χ4v) is 2.88. The van der Waals surface area contributed by atoms with E-state index in [1.165, 1.54) is 18.6 Å². The lowest BCUT2D eigenvalue weighted by Crippen LogP contribution is -2.52. The minimum absolute atomic E-state index is 0.346. The van der Waals surface area contributed by atoms with Crippen LogP contribution < -0.4 is 5.73 Å². The predicted octanol–water partition coefficient (Wildman–Crippen LogP) is 1.57. The fraction of sp³-hybridized carbons (Fsp3) is 1.00. The van der Waals surface area contributed by atoms with E-state index in [9.17, 15) is 0 Å². The highest BCUT2D eigenvalue weighted by Gasteiger charge is 2.26. The molecule has 1 fully saturated rings. The van der Waals surface area contributed by atoms with E-state index in [0.717, 1.165) is 19.6 Å². The zero-order chi connectivity index (χ0) is 12.0. The second kappa shape index (κ2) is 7.54. The molecule has 0 bridgehead atoms. The largest absolute Gasteiger partial charge is 0.373 e. The summed E-state index contributed by atoms with van der Waals surface area (Å²) < 4.78 is 5.75. The van der Waals surface area contributed by atoms with Crippen molar-refractivity contribution in [1.29, 1.82) is 0 Å². The molecule has 0 amide bonds. The summed E-state index contributed by atoms with van der Waals surface area (Å²) in [6, 6.07) is 0.543. The maximum Gasteiger partial charge on any atom is 0.0678 e. The molecule has 3 atom stereocenters. The third-order valence-electron chi connectivity index (χ3n) is 3.12. The van der Waals surface area contributed by atoms with Gasteiger partial charge in [0.05, 0.1) is 12.2 Å². The molecule has 1 saturated heterocycles. The molecule has 0 aromatic rings. The minimum atomic E-state index is 0.346. The predicted molar refractivity (Wildman–Crippen MR) is 72.0 cm³/mol. The first-order chi connectivity index (χ1) is 7.67. The highest BCUT2D eigenvalue weighted by atomic mass is 32.2. The molecule has 0 saturated carbocycles. The van der Waals surface area contributed by atoms with Crippen molar-refractivity contribution in [2.24, 2.45) is 5.73 Å². The molecule has 2 N–H and O–H groups in total. The molecule has 0 spiro atoms. The Labute approximate surface area is 104 Å². The number of thioether (sulfide) groups is 1. The van der Waals surface area contributed by atoms with Crippen molar-refractivity contribution in [2.45, 2.75) is 44.9 Å². The van der Waals surface area contributed by atoms with E-state index in [-0.39, 0.29) is 0 Å². The maximum atomic E-state index is 5.89. The van der Waals surface area contributed by atoms with Crippen molar-refractivity contribution in [2.75, 3.05) is 31.6 Å². The molecule has 1 unspecified atom stereocenters. The van der Waals surface area contributed by atoms with Gasteiger partial charge < -0.3 is 10.5 Å². The van der Waals surface area contributed by atoms with Crippen LogP contribution in [0.2, 0.25) is 0 Å². The third-order valence-corrected chi connectivity index (χ3v) is 3.82. The number of hydrogen-bond acceptors (Lipinski definition) is 4. The molecule has 0 radical (unpaired) electrons. The van der Waals surface area contributed by atoms with Crippen LogP contribution in [-0.4, -0.2) is 54.8 Å². The molecular formula is C12H26N2OS. The van der Waals surface area contributed by atoms with Crippen LogP contribution in [0.1, 0.15) is 26.7 Å². The Balaban J connectivity index is 2.38. The molecule has 1 aliphatic heterocycles. The summed E-state index contributed by atoms with van der Waals surface area (Å²) in [6.45, 7) is 7.14. The molecule has 16 heavy (non-hydrogen) atoms. The van der Waals surface area contributed by atoms with Gasteiger partial charge in [0.1, 0.15) is 0 Å². The minimum Gasteiger partial charge on any atom is -0.373 e. The standard InChI is InChI=1S/C12H26N2OS/c1-10-8-14(9-11(2)15-10)12(7-13)5-4-6-16-3/h10-12H,4-9,13H2,1-3H3/t10-,11+,12?. The molecule has 1 rings (SSSR count). The van der Waals surface area contributed by atoms with Gasteiger partial charge in [-0.2, -0.15) is 11.8 Å². The van der Waals surface area contributed by atoms with Crippen LogP contribution in [0.5, 0.6) is 0 Å². The van der Waals surface area contributed by atoms with Crippen molar-refractivity contribution >= 4 is 11.8 Å². The summed E-state index contributed by atoms with van der Waals surface area (Å²) in [5.74, 6) is 1.24. The molecule has 0 aromatic heterocycles. The second-order valence-corrected chi connectivity index (χ2v) is 5.72. The summed E-state index contributed by atoms with van der Waals surface area (Å²) >= 11 is 1.92. The van der Waals surface area contributed by atoms with Crippen LogP contribution in [0, 0.1) is 0 Å². The van der Waals surface area contributed by atoms with E-state index in [4.69, 9.17) is 10.5 Å². The molecular weight excluding hydrogens is 220 g/mol. The normalized spacial score (nSPS) is 29.2. The molecule has 3 nitrogen and oxygen atoms in total. The number of nitrogens with two attached hydrogens (primary N) is 1. The van der Waals surface area contributed by atoms with E-state index >= 15 is 0 Å². The number of nitrogens with zero attached hydrogens (tertiary/aromatic N) is 1.